The highest BCUT2D eigenvalue weighted by Crippen LogP contribution is 2.25. The molecule has 0 bridgehead atoms. The lowest BCUT2D eigenvalue weighted by molar-refractivity contribution is 0.111. The third-order valence-corrected chi connectivity index (χ3v) is 1.18. The summed E-state index contributed by atoms with van der Waals surface area (Å²) in [4.78, 5) is 0. The minimum absolute atomic E-state index is 0.614. The standard InChI is InChI=1S/C8H10O/c1-2-3-6-9-7-8-4-5-8/h1,8H,3-6H2. The summed E-state index contributed by atoms with van der Waals surface area (Å²) in [5.41, 5.74) is 0. The topological polar surface area (TPSA) is 11.3 Å². The van der Waals surface area contributed by atoms with E-state index < -0.39 is 0 Å². The van der Waals surface area contributed by atoms with Gasteiger partial charge in [0.05, 0.1) is 6.42 Å². The third kappa shape index (κ3) is 2.92. The summed E-state index contributed by atoms with van der Waals surface area (Å²) in [6, 6.07) is 0. The Morgan fingerprint density at radius 3 is 3.00 bits per heavy atom. The summed E-state index contributed by atoms with van der Waals surface area (Å²) in [6.45, 7) is 0.632. The van der Waals surface area contributed by atoms with Gasteiger partial charge in [-0.1, -0.05) is 24.7 Å². The van der Waals surface area contributed by atoms with Crippen molar-refractivity contribution in [3.8, 4) is 12.3 Å². The van der Waals surface area contributed by atoms with E-state index in [9.17, 15) is 0 Å². The van der Waals surface area contributed by atoms with Crippen molar-refractivity contribution in [3.05, 3.63) is 0 Å². The van der Waals surface area contributed by atoms with Crippen LogP contribution in [0.1, 0.15) is 19.3 Å². The largest absolute Gasteiger partial charge is 0.455 e. The van der Waals surface area contributed by atoms with Gasteiger partial charge in [0, 0.05) is 0 Å². The number of hydrogen-bond acceptors (Lipinski definition) is 0. The second-order valence-electron chi connectivity index (χ2n) is 2.19. The van der Waals surface area contributed by atoms with Crippen molar-refractivity contribution in [2.45, 2.75) is 19.3 Å². The molecule has 1 aliphatic carbocycles. The first-order valence-corrected chi connectivity index (χ1v) is 3.24. The van der Waals surface area contributed by atoms with Crippen molar-refractivity contribution >= 4 is 6.29 Å². The van der Waals surface area contributed by atoms with Gasteiger partial charge in [-0.3, -0.25) is 0 Å². The van der Waals surface area contributed by atoms with E-state index in [0.717, 1.165) is 0 Å². The zero-order valence-electron chi connectivity index (χ0n) is 5.39. The fraction of sp³-hybridized carbons (Fsp3) is 0.625. The maximum atomic E-state index is 5.01. The molecule has 1 saturated carbocycles. The molecule has 1 fully saturated rings. The highest BCUT2D eigenvalue weighted by atomic mass is 16.4. The van der Waals surface area contributed by atoms with Gasteiger partial charge in [0.2, 0.25) is 6.61 Å². The fourth-order valence-electron chi connectivity index (χ4n) is 0.488. The molecule has 1 aliphatic rings. The molecule has 9 heavy (non-hydrogen) atoms. The molecule has 0 aliphatic heterocycles. The average Bonchev–Trinajstić information content (AvgIpc) is 2.63. The van der Waals surface area contributed by atoms with Crippen LogP contribution in [0.15, 0.2) is 0 Å². The van der Waals surface area contributed by atoms with Gasteiger partial charge in [0.15, 0.2) is 0 Å². The molecule has 0 aromatic heterocycles. The maximum absolute atomic E-state index is 5.01. The van der Waals surface area contributed by atoms with E-state index in [1.165, 1.54) is 12.8 Å². The van der Waals surface area contributed by atoms with E-state index in [4.69, 9.17) is 10.8 Å². The van der Waals surface area contributed by atoms with Crippen LogP contribution in [0.5, 0.6) is 0 Å². The Balaban J connectivity index is 1.96. The third-order valence-electron chi connectivity index (χ3n) is 1.18. The number of terminal acetylenes is 1. The van der Waals surface area contributed by atoms with E-state index in [-0.39, 0.29) is 0 Å². The van der Waals surface area contributed by atoms with Gasteiger partial charge in [-0.25, -0.2) is 0 Å². The van der Waals surface area contributed by atoms with Crippen LogP contribution in [0, 0.1) is 18.3 Å². The van der Waals surface area contributed by atoms with Gasteiger partial charge in [0.1, 0.15) is 0 Å². The van der Waals surface area contributed by atoms with Crippen LogP contribution in [0.25, 0.3) is 0 Å². The molecule has 0 amide bonds. The second kappa shape index (κ2) is 3.29. The lowest BCUT2D eigenvalue weighted by atomic mass is 10.5. The zero-order valence-corrected chi connectivity index (χ0v) is 5.39. The van der Waals surface area contributed by atoms with Crippen molar-refractivity contribution in [1.82, 2.24) is 0 Å². The number of rotatable bonds is 3. The van der Waals surface area contributed by atoms with Gasteiger partial charge in [-0.05, 0) is 6.29 Å². The molecule has 0 radical (unpaired) electrons. The Morgan fingerprint density at radius 2 is 2.44 bits per heavy atom. The predicted molar refractivity (Wildman–Crippen MR) is 36.7 cm³/mol. The van der Waals surface area contributed by atoms with Crippen LogP contribution < -0.4 is 0 Å². The molecule has 0 N–H and O–H groups in total. The smallest absolute Gasteiger partial charge is 0.228 e. The maximum Gasteiger partial charge on any atom is 0.228 e. The highest BCUT2D eigenvalue weighted by molar-refractivity contribution is 5.58. The molecule has 0 aromatic rings. The lowest BCUT2D eigenvalue weighted by Crippen LogP contribution is -1.86. The van der Waals surface area contributed by atoms with Crippen LogP contribution in [0.4, 0.5) is 0 Å². The first-order chi connectivity index (χ1) is 4.43. The Morgan fingerprint density at radius 1 is 1.67 bits per heavy atom. The quantitative estimate of drug-likeness (QED) is 0.229. The summed E-state index contributed by atoms with van der Waals surface area (Å²) in [6.07, 6.45) is 11.1. The van der Waals surface area contributed by atoms with Crippen LogP contribution in [0.2, 0.25) is 0 Å². The van der Waals surface area contributed by atoms with Gasteiger partial charge in [-0.2, -0.15) is 0 Å². The molecule has 0 spiro atoms. The first kappa shape index (κ1) is 6.35. The summed E-state index contributed by atoms with van der Waals surface area (Å²) in [7, 11) is 0. The Bertz CT molecular complexity index is 137. The molecule has 1 rings (SSSR count). The zero-order chi connectivity index (χ0) is 6.53. The average molecular weight is 122 g/mol. The van der Waals surface area contributed by atoms with Gasteiger partial charge in [0.25, 0.3) is 0 Å². The van der Waals surface area contributed by atoms with Crippen molar-refractivity contribution in [1.29, 1.82) is 0 Å². The molecular weight excluding hydrogens is 112 g/mol. The normalized spacial score (nSPS) is 18.1. The van der Waals surface area contributed by atoms with Crippen LogP contribution in [-0.4, -0.2) is 12.9 Å². The van der Waals surface area contributed by atoms with Crippen LogP contribution >= 0.6 is 0 Å². The van der Waals surface area contributed by atoms with Crippen molar-refractivity contribution in [2.75, 3.05) is 6.61 Å². The molecule has 0 aromatic carbocycles. The van der Waals surface area contributed by atoms with E-state index >= 15 is 0 Å². The minimum atomic E-state index is 0.614. The highest BCUT2D eigenvalue weighted by Gasteiger charge is 2.12. The number of carbonyl (C=O) groups excluding carboxylic acids is 1. The van der Waals surface area contributed by atoms with E-state index in [1.807, 2.05) is 0 Å². The molecule has 1 nitrogen and oxygen atoms in total. The summed E-state index contributed by atoms with van der Waals surface area (Å²) in [5, 5.41) is 0. The van der Waals surface area contributed by atoms with E-state index in [1.54, 1.807) is 0 Å². The van der Waals surface area contributed by atoms with Gasteiger partial charge < -0.3 is 4.42 Å². The van der Waals surface area contributed by atoms with E-state index in [2.05, 4.69) is 12.2 Å². The number of hydrogen-bond donors (Lipinski definition) is 0. The lowest BCUT2D eigenvalue weighted by Gasteiger charge is -1.83. The first-order valence-electron chi connectivity index (χ1n) is 3.24. The van der Waals surface area contributed by atoms with Gasteiger partial charge >= 0.3 is 0 Å². The Hall–Kier alpha value is -0.770. The van der Waals surface area contributed by atoms with Crippen molar-refractivity contribution in [2.24, 2.45) is 5.92 Å². The van der Waals surface area contributed by atoms with Crippen molar-refractivity contribution in [3.63, 3.8) is 0 Å². The fourth-order valence-corrected chi connectivity index (χ4v) is 0.488. The molecule has 0 heterocycles. The molecule has 0 saturated heterocycles. The Labute approximate surface area is 55.8 Å². The predicted octanol–water partition coefficient (Wildman–Crippen LogP) is 1.07. The Kier molecular flexibility index (Phi) is 2.32. The second-order valence-corrected chi connectivity index (χ2v) is 2.19. The molecular formula is C8H10O. The van der Waals surface area contributed by atoms with Crippen molar-refractivity contribution < 1.29 is 4.42 Å². The molecule has 0 unspecified atom stereocenters. The SMILES string of the molecule is C#CCC[O+]=[C-]C1CC1. The molecule has 0 atom stereocenters. The van der Waals surface area contributed by atoms with Crippen LogP contribution in [0.3, 0.4) is 0 Å². The minimum Gasteiger partial charge on any atom is -0.455 e. The molecule has 1 heteroatoms. The van der Waals surface area contributed by atoms with E-state index in [0.29, 0.717) is 18.9 Å². The monoisotopic (exact) mass is 122 g/mol. The summed E-state index contributed by atoms with van der Waals surface area (Å²) >= 11 is 0. The summed E-state index contributed by atoms with van der Waals surface area (Å²) < 4.78 is 5.01. The molecule has 48 valence electrons. The van der Waals surface area contributed by atoms with Gasteiger partial charge in [-0.15, -0.1) is 6.42 Å². The summed E-state index contributed by atoms with van der Waals surface area (Å²) in [5.74, 6) is 3.11. The van der Waals surface area contributed by atoms with Crippen LogP contribution in [-0.2, 0) is 4.42 Å².